The summed E-state index contributed by atoms with van der Waals surface area (Å²) in [4.78, 5) is 0.887. The van der Waals surface area contributed by atoms with E-state index in [0.29, 0.717) is 0 Å². The van der Waals surface area contributed by atoms with Gasteiger partial charge in [0.2, 0.25) is 0 Å². The number of hydrogen-bond donors (Lipinski definition) is 1. The van der Waals surface area contributed by atoms with Gasteiger partial charge in [0, 0.05) is 4.88 Å². The van der Waals surface area contributed by atoms with E-state index in [1.807, 2.05) is 31.4 Å². The van der Waals surface area contributed by atoms with Gasteiger partial charge in [0.15, 0.2) is 0 Å². The maximum absolute atomic E-state index is 13.1. The molecule has 0 saturated heterocycles. The first-order chi connectivity index (χ1) is 7.59. The van der Waals surface area contributed by atoms with Gasteiger partial charge < -0.3 is 5.11 Å². The molecule has 1 aromatic heterocycles. The number of hydrogen-bond acceptors (Lipinski definition) is 2. The van der Waals surface area contributed by atoms with Crippen LogP contribution in [0, 0.1) is 19.7 Å². The Morgan fingerprint density at radius 2 is 1.88 bits per heavy atom. The van der Waals surface area contributed by atoms with Crippen molar-refractivity contribution < 1.29 is 9.50 Å². The lowest BCUT2D eigenvalue weighted by atomic mass is 9.97. The fourth-order valence-corrected chi connectivity index (χ4v) is 2.66. The predicted molar refractivity (Wildman–Crippen MR) is 64.3 cm³/mol. The molecule has 0 bridgehead atoms. The molecule has 1 atom stereocenters. The normalized spacial score (nSPS) is 12.8. The Balaban J connectivity index is 2.48. The van der Waals surface area contributed by atoms with Crippen LogP contribution < -0.4 is 0 Å². The zero-order valence-electron chi connectivity index (χ0n) is 9.20. The van der Waals surface area contributed by atoms with Crippen LogP contribution in [0.3, 0.4) is 0 Å². The van der Waals surface area contributed by atoms with Crippen LogP contribution in [-0.2, 0) is 0 Å². The minimum Gasteiger partial charge on any atom is -0.383 e. The molecule has 1 nitrogen and oxygen atoms in total. The van der Waals surface area contributed by atoms with Gasteiger partial charge in [-0.2, -0.15) is 0 Å². The zero-order valence-corrected chi connectivity index (χ0v) is 10.0. The molecular weight excluding hydrogens is 223 g/mol. The van der Waals surface area contributed by atoms with Gasteiger partial charge in [-0.1, -0.05) is 6.07 Å². The standard InChI is InChI=1S/C13H13FOS/c1-8-6-10(14)7-9(2)12(8)13(15)11-4-3-5-16-11/h3-7,13,15H,1-2H3. The lowest BCUT2D eigenvalue weighted by Crippen LogP contribution is -2.03. The number of thiophene rings is 1. The fraction of sp³-hybridized carbons (Fsp3) is 0.231. The molecule has 2 rings (SSSR count). The van der Waals surface area contributed by atoms with Crippen LogP contribution >= 0.6 is 11.3 Å². The second kappa shape index (κ2) is 4.36. The number of benzene rings is 1. The third-order valence-electron chi connectivity index (χ3n) is 2.64. The van der Waals surface area contributed by atoms with Crippen molar-refractivity contribution in [3.05, 3.63) is 57.0 Å². The molecule has 0 amide bonds. The first-order valence-corrected chi connectivity index (χ1v) is 5.95. The first kappa shape index (κ1) is 11.3. The summed E-state index contributed by atoms with van der Waals surface area (Å²) >= 11 is 1.50. The Bertz CT molecular complexity index is 468. The highest BCUT2D eigenvalue weighted by Crippen LogP contribution is 2.30. The van der Waals surface area contributed by atoms with Crippen LogP contribution in [0.4, 0.5) is 4.39 Å². The first-order valence-electron chi connectivity index (χ1n) is 5.07. The third-order valence-corrected chi connectivity index (χ3v) is 3.57. The Labute approximate surface area is 98.2 Å². The summed E-state index contributed by atoms with van der Waals surface area (Å²) in [5.74, 6) is -0.253. The lowest BCUT2D eigenvalue weighted by Gasteiger charge is -2.15. The van der Waals surface area contributed by atoms with E-state index in [0.717, 1.165) is 21.6 Å². The Morgan fingerprint density at radius 3 is 2.38 bits per heavy atom. The van der Waals surface area contributed by atoms with Crippen LogP contribution in [0.1, 0.15) is 27.7 Å². The predicted octanol–water partition coefficient (Wildman–Crippen LogP) is 3.59. The smallest absolute Gasteiger partial charge is 0.123 e. The highest BCUT2D eigenvalue weighted by Gasteiger charge is 2.16. The summed E-state index contributed by atoms with van der Waals surface area (Å²) in [5, 5.41) is 12.1. The average molecular weight is 236 g/mol. The SMILES string of the molecule is Cc1cc(F)cc(C)c1C(O)c1cccs1. The molecule has 0 aliphatic heterocycles. The van der Waals surface area contributed by atoms with E-state index < -0.39 is 6.10 Å². The van der Waals surface area contributed by atoms with Crippen LogP contribution in [0.5, 0.6) is 0 Å². The molecule has 16 heavy (non-hydrogen) atoms. The molecule has 0 radical (unpaired) electrons. The average Bonchev–Trinajstić information content (AvgIpc) is 2.67. The lowest BCUT2D eigenvalue weighted by molar-refractivity contribution is 0.222. The van der Waals surface area contributed by atoms with E-state index in [1.54, 1.807) is 0 Å². The summed E-state index contributed by atoms with van der Waals surface area (Å²) in [6.07, 6.45) is -0.652. The van der Waals surface area contributed by atoms with E-state index in [2.05, 4.69) is 0 Å². The van der Waals surface area contributed by atoms with Crippen LogP contribution in [0.25, 0.3) is 0 Å². The highest BCUT2D eigenvalue weighted by atomic mass is 32.1. The van der Waals surface area contributed by atoms with Crippen molar-refractivity contribution >= 4 is 11.3 Å². The molecule has 1 unspecified atom stereocenters. The minimum atomic E-state index is -0.652. The maximum atomic E-state index is 13.1. The summed E-state index contributed by atoms with van der Waals surface area (Å²) in [7, 11) is 0. The second-order valence-corrected chi connectivity index (χ2v) is 4.85. The molecule has 1 aromatic carbocycles. The van der Waals surface area contributed by atoms with E-state index >= 15 is 0 Å². The van der Waals surface area contributed by atoms with Crippen LogP contribution in [-0.4, -0.2) is 5.11 Å². The number of aliphatic hydroxyl groups excluding tert-OH is 1. The van der Waals surface area contributed by atoms with Gasteiger partial charge in [0.25, 0.3) is 0 Å². The summed E-state index contributed by atoms with van der Waals surface area (Å²) in [5.41, 5.74) is 2.39. The monoisotopic (exact) mass is 236 g/mol. The van der Waals surface area contributed by atoms with Crippen LogP contribution in [0.2, 0.25) is 0 Å². The van der Waals surface area contributed by atoms with Crippen molar-refractivity contribution in [3.63, 3.8) is 0 Å². The number of aliphatic hydroxyl groups is 1. The summed E-state index contributed by atoms with van der Waals surface area (Å²) < 4.78 is 13.1. The molecule has 0 saturated carbocycles. The molecule has 2 aromatic rings. The van der Waals surface area contributed by atoms with Crippen molar-refractivity contribution in [1.29, 1.82) is 0 Å². The topological polar surface area (TPSA) is 20.2 Å². The number of halogens is 1. The third kappa shape index (κ3) is 2.01. The van der Waals surface area contributed by atoms with Crippen molar-refractivity contribution in [3.8, 4) is 0 Å². The van der Waals surface area contributed by atoms with E-state index in [1.165, 1.54) is 23.5 Å². The maximum Gasteiger partial charge on any atom is 0.123 e. The zero-order chi connectivity index (χ0) is 11.7. The van der Waals surface area contributed by atoms with Gasteiger partial charge >= 0.3 is 0 Å². The largest absolute Gasteiger partial charge is 0.383 e. The van der Waals surface area contributed by atoms with Crippen molar-refractivity contribution in [1.82, 2.24) is 0 Å². The van der Waals surface area contributed by atoms with Crippen molar-refractivity contribution in [2.45, 2.75) is 20.0 Å². The van der Waals surface area contributed by atoms with Gasteiger partial charge in [-0.3, -0.25) is 0 Å². The Kier molecular flexibility index (Phi) is 3.08. The Hall–Kier alpha value is -1.19. The molecule has 0 spiro atoms. The van der Waals surface area contributed by atoms with Crippen molar-refractivity contribution in [2.24, 2.45) is 0 Å². The molecule has 0 aliphatic rings. The highest BCUT2D eigenvalue weighted by molar-refractivity contribution is 7.10. The molecule has 1 N–H and O–H groups in total. The summed E-state index contributed by atoms with van der Waals surface area (Å²) in [6.45, 7) is 3.64. The molecular formula is C13H13FOS. The van der Waals surface area contributed by atoms with Gasteiger partial charge in [-0.05, 0) is 54.1 Å². The molecule has 3 heteroatoms. The quantitative estimate of drug-likeness (QED) is 0.845. The minimum absolute atomic E-state index is 0.253. The van der Waals surface area contributed by atoms with Gasteiger partial charge in [0.1, 0.15) is 11.9 Å². The second-order valence-electron chi connectivity index (χ2n) is 3.87. The van der Waals surface area contributed by atoms with E-state index in [4.69, 9.17) is 0 Å². The Morgan fingerprint density at radius 1 is 1.25 bits per heavy atom. The van der Waals surface area contributed by atoms with Gasteiger partial charge in [-0.15, -0.1) is 11.3 Å². The van der Waals surface area contributed by atoms with Crippen LogP contribution in [0.15, 0.2) is 29.6 Å². The fourth-order valence-electron chi connectivity index (χ4n) is 1.94. The van der Waals surface area contributed by atoms with Crippen molar-refractivity contribution in [2.75, 3.05) is 0 Å². The number of rotatable bonds is 2. The summed E-state index contributed by atoms with van der Waals surface area (Å²) in [6, 6.07) is 6.70. The van der Waals surface area contributed by atoms with Gasteiger partial charge in [0.05, 0.1) is 0 Å². The molecule has 0 fully saturated rings. The molecule has 0 aliphatic carbocycles. The van der Waals surface area contributed by atoms with Gasteiger partial charge in [-0.25, -0.2) is 4.39 Å². The van der Waals surface area contributed by atoms with E-state index in [-0.39, 0.29) is 5.82 Å². The molecule has 84 valence electrons. The molecule has 1 heterocycles. The van der Waals surface area contributed by atoms with E-state index in [9.17, 15) is 9.50 Å². The number of aryl methyl sites for hydroxylation is 2.